The van der Waals surface area contributed by atoms with Crippen molar-refractivity contribution in [3.05, 3.63) is 81.3 Å². The number of rotatable bonds is 4. The van der Waals surface area contributed by atoms with E-state index < -0.39 is 17.6 Å². The number of nitrogens with zero attached hydrogens (tertiary/aromatic N) is 2. The Labute approximate surface area is 182 Å². The predicted molar refractivity (Wildman–Crippen MR) is 116 cm³/mol. The molecule has 1 heterocycles. The molecule has 0 fully saturated rings. The number of carbonyl (C=O) groups is 2. The minimum atomic E-state index is -1.03. The Morgan fingerprint density at radius 1 is 1.07 bits per heavy atom. The topological polar surface area (TPSA) is 75.5 Å². The van der Waals surface area contributed by atoms with Gasteiger partial charge in [-0.15, -0.1) is 0 Å². The Morgan fingerprint density at radius 3 is 2.53 bits per heavy atom. The van der Waals surface area contributed by atoms with Crippen molar-refractivity contribution < 1.29 is 14.0 Å². The molecule has 0 atom stereocenters. The lowest BCUT2D eigenvalue weighted by Gasteiger charge is -2.12. The largest absolute Gasteiger partial charge is 0.329 e. The first-order valence-electron chi connectivity index (χ1n) is 8.81. The van der Waals surface area contributed by atoms with Crippen molar-refractivity contribution in [2.75, 3.05) is 5.32 Å². The summed E-state index contributed by atoms with van der Waals surface area (Å²) in [5.74, 6) is -2.70. The zero-order valence-corrected chi connectivity index (χ0v) is 17.6. The van der Waals surface area contributed by atoms with E-state index >= 15 is 0 Å². The average molecular weight is 447 g/mol. The molecular formula is C21H17Cl2FN4O2. The number of amides is 2. The van der Waals surface area contributed by atoms with Gasteiger partial charge in [-0.05, 0) is 50.2 Å². The number of nitrogens with one attached hydrogen (secondary N) is 2. The smallest absolute Gasteiger partial charge is 0.316 e. The lowest BCUT2D eigenvalue weighted by atomic mass is 10.2. The highest BCUT2D eigenvalue weighted by molar-refractivity contribution is 6.39. The number of hydrogen-bond donors (Lipinski definition) is 2. The minimum absolute atomic E-state index is 0.0939. The standard InChI is InChI=1S/C21H17Cl2FN4O2/c1-12-9-14(13(2)28(12)19-10-15(22)7-8-16(19)23)11-25-27-21(30)20(29)26-18-6-4-3-5-17(18)24/h3-11H,1-2H3,(H,26,29)(H,27,30)/b25-11-. The summed E-state index contributed by atoms with van der Waals surface area (Å²) >= 11 is 12.4. The van der Waals surface area contributed by atoms with Crippen LogP contribution in [0.15, 0.2) is 53.6 Å². The molecule has 0 aliphatic heterocycles. The lowest BCUT2D eigenvalue weighted by molar-refractivity contribution is -0.136. The van der Waals surface area contributed by atoms with Gasteiger partial charge in [-0.1, -0.05) is 35.3 Å². The molecule has 3 rings (SSSR count). The number of benzene rings is 2. The number of carbonyl (C=O) groups excluding carboxylic acids is 2. The van der Waals surface area contributed by atoms with E-state index in [0.717, 1.165) is 11.4 Å². The van der Waals surface area contributed by atoms with E-state index in [1.807, 2.05) is 24.5 Å². The molecule has 30 heavy (non-hydrogen) atoms. The second kappa shape index (κ2) is 9.11. The highest BCUT2D eigenvalue weighted by atomic mass is 35.5. The molecule has 2 amide bonds. The van der Waals surface area contributed by atoms with Gasteiger partial charge in [0.1, 0.15) is 5.82 Å². The summed E-state index contributed by atoms with van der Waals surface area (Å²) in [4.78, 5) is 23.8. The fourth-order valence-corrected chi connectivity index (χ4v) is 3.27. The van der Waals surface area contributed by atoms with Gasteiger partial charge < -0.3 is 9.88 Å². The summed E-state index contributed by atoms with van der Waals surface area (Å²) in [5.41, 5.74) is 5.14. The minimum Gasteiger partial charge on any atom is -0.316 e. The Balaban J connectivity index is 1.72. The first-order chi connectivity index (χ1) is 14.3. The zero-order valence-electron chi connectivity index (χ0n) is 16.0. The SMILES string of the molecule is Cc1cc(/C=N\NC(=O)C(=O)Nc2ccccc2F)c(C)n1-c1cc(Cl)ccc1Cl. The summed E-state index contributed by atoms with van der Waals surface area (Å²) in [6, 6.07) is 12.5. The predicted octanol–water partition coefficient (Wildman–Crippen LogP) is 4.63. The van der Waals surface area contributed by atoms with Gasteiger partial charge in [0.15, 0.2) is 0 Å². The summed E-state index contributed by atoms with van der Waals surface area (Å²) in [7, 11) is 0. The van der Waals surface area contributed by atoms with Crippen molar-refractivity contribution >= 4 is 46.9 Å². The van der Waals surface area contributed by atoms with Crippen molar-refractivity contribution in [3.63, 3.8) is 0 Å². The molecule has 0 unspecified atom stereocenters. The molecule has 9 heteroatoms. The molecule has 154 valence electrons. The first kappa shape index (κ1) is 21.5. The van der Waals surface area contributed by atoms with Gasteiger partial charge in [0.2, 0.25) is 0 Å². The van der Waals surface area contributed by atoms with Gasteiger partial charge in [0, 0.05) is 22.0 Å². The van der Waals surface area contributed by atoms with E-state index in [-0.39, 0.29) is 5.69 Å². The number of aromatic nitrogens is 1. The zero-order chi connectivity index (χ0) is 21.8. The number of aryl methyl sites for hydroxylation is 1. The summed E-state index contributed by atoms with van der Waals surface area (Å²) in [5, 5.41) is 7.09. The van der Waals surface area contributed by atoms with Crippen LogP contribution in [0.25, 0.3) is 5.69 Å². The Hall–Kier alpha value is -3.16. The quantitative estimate of drug-likeness (QED) is 0.348. The Morgan fingerprint density at radius 2 is 1.80 bits per heavy atom. The van der Waals surface area contributed by atoms with Crippen molar-refractivity contribution in [1.82, 2.24) is 9.99 Å². The maximum Gasteiger partial charge on any atom is 0.329 e. The fraction of sp³-hybridized carbons (Fsp3) is 0.0952. The molecule has 6 nitrogen and oxygen atoms in total. The van der Waals surface area contributed by atoms with Gasteiger partial charge >= 0.3 is 11.8 Å². The van der Waals surface area contributed by atoms with E-state index in [0.29, 0.717) is 21.3 Å². The van der Waals surface area contributed by atoms with Crippen LogP contribution in [0.5, 0.6) is 0 Å². The van der Waals surface area contributed by atoms with Crippen LogP contribution >= 0.6 is 23.2 Å². The Kier molecular flexibility index (Phi) is 6.54. The molecular weight excluding hydrogens is 430 g/mol. The summed E-state index contributed by atoms with van der Waals surface area (Å²) in [6.45, 7) is 3.75. The van der Waals surface area contributed by atoms with Gasteiger partial charge in [-0.2, -0.15) is 5.10 Å². The van der Waals surface area contributed by atoms with E-state index in [1.165, 1.54) is 30.5 Å². The van der Waals surface area contributed by atoms with E-state index in [1.54, 1.807) is 18.2 Å². The lowest BCUT2D eigenvalue weighted by Crippen LogP contribution is -2.32. The number of hydrogen-bond acceptors (Lipinski definition) is 3. The molecule has 0 spiro atoms. The average Bonchev–Trinajstić information content (AvgIpc) is 2.98. The molecule has 2 N–H and O–H groups in total. The van der Waals surface area contributed by atoms with Crippen LogP contribution in [0, 0.1) is 19.7 Å². The number of anilines is 1. The number of para-hydroxylation sites is 1. The van der Waals surface area contributed by atoms with Crippen LogP contribution in [-0.4, -0.2) is 22.6 Å². The number of halogens is 3. The second-order valence-corrected chi connectivity index (χ2v) is 7.23. The normalized spacial score (nSPS) is 11.0. The van der Waals surface area contributed by atoms with Gasteiger partial charge in [0.05, 0.1) is 22.6 Å². The molecule has 3 aromatic rings. The third kappa shape index (κ3) is 4.69. The molecule has 0 saturated carbocycles. The van der Waals surface area contributed by atoms with Crippen molar-refractivity contribution in [2.24, 2.45) is 5.10 Å². The van der Waals surface area contributed by atoms with Crippen LogP contribution in [0.2, 0.25) is 10.0 Å². The Bertz CT molecular complexity index is 1160. The molecule has 0 bridgehead atoms. The monoisotopic (exact) mass is 446 g/mol. The van der Waals surface area contributed by atoms with Gasteiger partial charge in [-0.3, -0.25) is 9.59 Å². The van der Waals surface area contributed by atoms with Gasteiger partial charge in [-0.25, -0.2) is 9.82 Å². The van der Waals surface area contributed by atoms with Crippen molar-refractivity contribution in [2.45, 2.75) is 13.8 Å². The van der Waals surface area contributed by atoms with Crippen LogP contribution in [0.1, 0.15) is 17.0 Å². The highest BCUT2D eigenvalue weighted by Gasteiger charge is 2.15. The maximum absolute atomic E-state index is 13.6. The second-order valence-electron chi connectivity index (χ2n) is 6.39. The van der Waals surface area contributed by atoms with Crippen LogP contribution in [0.4, 0.5) is 10.1 Å². The van der Waals surface area contributed by atoms with Crippen LogP contribution in [0.3, 0.4) is 0 Å². The third-order valence-electron chi connectivity index (χ3n) is 4.32. The van der Waals surface area contributed by atoms with Crippen LogP contribution in [-0.2, 0) is 9.59 Å². The molecule has 0 aliphatic carbocycles. The first-order valence-corrected chi connectivity index (χ1v) is 9.57. The number of hydrazone groups is 1. The highest BCUT2D eigenvalue weighted by Crippen LogP contribution is 2.28. The fourth-order valence-electron chi connectivity index (χ4n) is 2.90. The molecule has 0 saturated heterocycles. The third-order valence-corrected chi connectivity index (χ3v) is 4.87. The van der Waals surface area contributed by atoms with E-state index in [4.69, 9.17) is 23.2 Å². The van der Waals surface area contributed by atoms with E-state index in [2.05, 4.69) is 15.8 Å². The van der Waals surface area contributed by atoms with Crippen molar-refractivity contribution in [3.8, 4) is 5.69 Å². The van der Waals surface area contributed by atoms with Crippen molar-refractivity contribution in [1.29, 1.82) is 0 Å². The summed E-state index contributed by atoms with van der Waals surface area (Å²) in [6.07, 6.45) is 1.41. The van der Waals surface area contributed by atoms with Crippen LogP contribution < -0.4 is 10.7 Å². The summed E-state index contributed by atoms with van der Waals surface area (Å²) < 4.78 is 15.5. The molecule has 0 radical (unpaired) electrons. The molecule has 0 aliphatic rings. The molecule has 1 aromatic heterocycles. The maximum atomic E-state index is 13.6. The van der Waals surface area contributed by atoms with E-state index in [9.17, 15) is 14.0 Å². The van der Waals surface area contributed by atoms with Gasteiger partial charge in [0.25, 0.3) is 0 Å². The molecule has 2 aromatic carbocycles.